The molecule has 2 aromatic carbocycles. The Kier molecular flexibility index (Phi) is 7.30. The van der Waals surface area contributed by atoms with Crippen LogP contribution in [-0.4, -0.2) is 71.1 Å². The lowest BCUT2D eigenvalue weighted by Crippen LogP contribution is -2.39. The van der Waals surface area contributed by atoms with Gasteiger partial charge in [0.15, 0.2) is 6.61 Å². The van der Waals surface area contributed by atoms with Gasteiger partial charge in [-0.3, -0.25) is 19.3 Å². The standard InChI is InChI=1S/C24H28N4O5S/c1-27(23(31)10-15-5-6-21-19(9-15)26-24(32)34-21)20(13-28-8-7-17(29)12-28)16-3-2-4-18(11-16)33-14-22(25)30/h2-6,9,11,17,20,29H,7-8,10,12-14H2,1H3,(H2,25,30)(H,26,32)/t17-,20?/m0/s1. The van der Waals surface area contributed by atoms with Crippen LogP contribution in [0.3, 0.4) is 0 Å². The van der Waals surface area contributed by atoms with Gasteiger partial charge >= 0.3 is 4.87 Å². The van der Waals surface area contributed by atoms with E-state index in [-0.39, 0.29) is 36.0 Å². The van der Waals surface area contributed by atoms with Crippen LogP contribution in [0.4, 0.5) is 0 Å². The number of amides is 2. The van der Waals surface area contributed by atoms with Gasteiger partial charge in [0, 0.05) is 26.7 Å². The van der Waals surface area contributed by atoms with E-state index in [9.17, 15) is 19.5 Å². The van der Waals surface area contributed by atoms with E-state index in [2.05, 4.69) is 9.88 Å². The number of rotatable bonds is 9. The number of primary amides is 1. The summed E-state index contributed by atoms with van der Waals surface area (Å²) < 4.78 is 6.32. The molecule has 3 aromatic rings. The van der Waals surface area contributed by atoms with Gasteiger partial charge in [-0.25, -0.2) is 0 Å². The van der Waals surface area contributed by atoms with E-state index in [0.717, 1.165) is 39.2 Å². The number of thiazole rings is 1. The number of nitrogens with one attached hydrogen (secondary N) is 1. The smallest absolute Gasteiger partial charge is 0.305 e. The van der Waals surface area contributed by atoms with Gasteiger partial charge in [0.05, 0.1) is 28.8 Å². The van der Waals surface area contributed by atoms with Crippen molar-refractivity contribution in [3.05, 3.63) is 63.3 Å². The molecule has 1 fully saturated rings. The number of nitrogens with zero attached hydrogens (tertiary/aromatic N) is 2. The lowest BCUT2D eigenvalue weighted by atomic mass is 10.0. The molecule has 34 heavy (non-hydrogen) atoms. The van der Waals surface area contributed by atoms with Crippen molar-refractivity contribution in [1.82, 2.24) is 14.8 Å². The van der Waals surface area contributed by atoms with Crippen molar-refractivity contribution in [1.29, 1.82) is 0 Å². The van der Waals surface area contributed by atoms with Gasteiger partial charge in [-0.05, 0) is 41.8 Å². The van der Waals surface area contributed by atoms with Crippen LogP contribution in [0.1, 0.15) is 23.6 Å². The molecule has 0 bridgehead atoms. The zero-order valence-corrected chi connectivity index (χ0v) is 19.7. The quantitative estimate of drug-likeness (QED) is 0.419. The van der Waals surface area contributed by atoms with Crippen molar-refractivity contribution in [3.8, 4) is 5.75 Å². The van der Waals surface area contributed by atoms with Crippen LogP contribution in [0.2, 0.25) is 0 Å². The van der Waals surface area contributed by atoms with Gasteiger partial charge in [0.25, 0.3) is 5.91 Å². The highest BCUT2D eigenvalue weighted by Gasteiger charge is 2.28. The number of fused-ring (bicyclic) bond motifs is 1. The molecule has 2 atom stereocenters. The predicted molar refractivity (Wildman–Crippen MR) is 130 cm³/mol. The zero-order valence-electron chi connectivity index (χ0n) is 18.9. The summed E-state index contributed by atoms with van der Waals surface area (Å²) in [7, 11) is 1.77. The molecule has 1 aliphatic heterocycles. The summed E-state index contributed by atoms with van der Waals surface area (Å²) in [5.41, 5.74) is 7.59. The minimum absolute atomic E-state index is 0.0786. The predicted octanol–water partition coefficient (Wildman–Crippen LogP) is 1.26. The molecule has 1 aromatic heterocycles. The van der Waals surface area contributed by atoms with Gasteiger partial charge in [0.1, 0.15) is 5.75 Å². The van der Waals surface area contributed by atoms with Crippen molar-refractivity contribution >= 4 is 33.4 Å². The van der Waals surface area contributed by atoms with Crippen LogP contribution in [0.5, 0.6) is 5.75 Å². The highest BCUT2D eigenvalue weighted by atomic mass is 32.1. The van der Waals surface area contributed by atoms with Gasteiger partial charge < -0.3 is 25.5 Å². The van der Waals surface area contributed by atoms with Crippen molar-refractivity contribution in [2.24, 2.45) is 5.73 Å². The summed E-state index contributed by atoms with van der Waals surface area (Å²) in [6.45, 7) is 1.63. The lowest BCUT2D eigenvalue weighted by Gasteiger charge is -2.32. The Hall–Kier alpha value is -3.21. The Bertz CT molecular complexity index is 1240. The second-order valence-electron chi connectivity index (χ2n) is 8.57. The molecule has 4 N–H and O–H groups in total. The number of carbonyl (C=O) groups is 2. The van der Waals surface area contributed by atoms with E-state index in [1.807, 2.05) is 36.4 Å². The topological polar surface area (TPSA) is 129 Å². The molecule has 0 aliphatic carbocycles. The third-order valence-electron chi connectivity index (χ3n) is 6.00. The summed E-state index contributed by atoms with van der Waals surface area (Å²) in [5.74, 6) is -0.148. The Morgan fingerprint density at radius 1 is 1.32 bits per heavy atom. The molecule has 0 spiro atoms. The minimum Gasteiger partial charge on any atom is -0.484 e. The van der Waals surface area contributed by atoms with E-state index in [1.54, 1.807) is 18.0 Å². The van der Waals surface area contributed by atoms with Crippen LogP contribution < -0.4 is 15.3 Å². The first-order chi connectivity index (χ1) is 16.3. The summed E-state index contributed by atoms with van der Waals surface area (Å²) in [6, 6.07) is 12.5. The van der Waals surface area contributed by atoms with E-state index < -0.39 is 5.91 Å². The molecule has 2 amide bonds. The second-order valence-corrected chi connectivity index (χ2v) is 9.59. The Labute approximate surface area is 200 Å². The molecule has 1 saturated heterocycles. The number of β-amino-alcohol motifs (C(OH)–C–C–N with tert-alkyl or cyclic N) is 1. The molecule has 180 valence electrons. The number of nitrogens with two attached hydrogens (primary N) is 1. The number of H-pyrrole nitrogens is 1. The number of benzene rings is 2. The van der Waals surface area contributed by atoms with Crippen molar-refractivity contribution < 1.29 is 19.4 Å². The van der Waals surface area contributed by atoms with Gasteiger partial charge in [-0.2, -0.15) is 0 Å². The number of hydrogen-bond acceptors (Lipinski definition) is 7. The number of aliphatic hydroxyl groups is 1. The van der Waals surface area contributed by atoms with Crippen molar-refractivity contribution in [2.45, 2.75) is 25.0 Å². The Balaban J connectivity index is 1.55. The first kappa shape index (κ1) is 23.9. The van der Waals surface area contributed by atoms with Crippen LogP contribution in [0.25, 0.3) is 10.2 Å². The van der Waals surface area contributed by atoms with Crippen molar-refractivity contribution in [2.75, 3.05) is 33.3 Å². The fourth-order valence-corrected chi connectivity index (χ4v) is 4.94. The fourth-order valence-electron chi connectivity index (χ4n) is 4.22. The number of hydrogen-bond donors (Lipinski definition) is 3. The van der Waals surface area contributed by atoms with Crippen LogP contribution in [-0.2, 0) is 16.0 Å². The van der Waals surface area contributed by atoms with E-state index >= 15 is 0 Å². The number of likely N-dealkylation sites (tertiary alicyclic amines) is 1. The molecule has 1 unspecified atom stereocenters. The Morgan fingerprint density at radius 2 is 2.15 bits per heavy atom. The number of likely N-dealkylation sites (N-methyl/N-ethyl adjacent to an activating group) is 1. The van der Waals surface area contributed by atoms with Crippen LogP contribution in [0, 0.1) is 0 Å². The molecular formula is C24H28N4O5S. The molecule has 9 nitrogen and oxygen atoms in total. The summed E-state index contributed by atoms with van der Waals surface area (Å²) >= 11 is 1.14. The first-order valence-corrected chi connectivity index (χ1v) is 11.9. The third kappa shape index (κ3) is 5.82. The fraction of sp³-hybridized carbons (Fsp3) is 0.375. The summed E-state index contributed by atoms with van der Waals surface area (Å²) in [4.78, 5) is 42.5. The number of aromatic amines is 1. The molecule has 0 radical (unpaired) electrons. The monoisotopic (exact) mass is 484 g/mol. The third-order valence-corrected chi connectivity index (χ3v) is 6.87. The zero-order chi connectivity index (χ0) is 24.2. The average molecular weight is 485 g/mol. The molecule has 0 saturated carbocycles. The molecule has 4 rings (SSSR count). The lowest BCUT2D eigenvalue weighted by molar-refractivity contribution is -0.131. The summed E-state index contributed by atoms with van der Waals surface area (Å²) in [5, 5.41) is 9.97. The number of carbonyl (C=O) groups excluding carboxylic acids is 2. The average Bonchev–Trinajstić information content (AvgIpc) is 3.39. The molecule has 10 heteroatoms. The number of aliphatic hydroxyl groups excluding tert-OH is 1. The maximum atomic E-state index is 13.3. The second kappa shape index (κ2) is 10.4. The maximum Gasteiger partial charge on any atom is 0.305 e. The van der Waals surface area contributed by atoms with Crippen LogP contribution in [0.15, 0.2) is 47.3 Å². The van der Waals surface area contributed by atoms with E-state index in [0.29, 0.717) is 25.3 Å². The molecular weight excluding hydrogens is 456 g/mol. The van der Waals surface area contributed by atoms with E-state index in [1.165, 1.54) is 0 Å². The minimum atomic E-state index is -0.566. The maximum absolute atomic E-state index is 13.3. The van der Waals surface area contributed by atoms with Crippen molar-refractivity contribution in [3.63, 3.8) is 0 Å². The van der Waals surface area contributed by atoms with Gasteiger partial charge in [-0.1, -0.05) is 29.5 Å². The molecule has 2 heterocycles. The van der Waals surface area contributed by atoms with Crippen LogP contribution >= 0.6 is 11.3 Å². The molecule has 1 aliphatic rings. The summed E-state index contributed by atoms with van der Waals surface area (Å²) in [6.07, 6.45) is 0.512. The number of aromatic nitrogens is 1. The SMILES string of the molecule is CN(C(=O)Cc1ccc2sc(=O)[nH]c2c1)C(CN1CC[C@H](O)C1)c1cccc(OCC(N)=O)c1. The number of ether oxygens (including phenoxy) is 1. The van der Waals surface area contributed by atoms with E-state index in [4.69, 9.17) is 10.5 Å². The highest BCUT2D eigenvalue weighted by Crippen LogP contribution is 2.27. The Morgan fingerprint density at radius 3 is 2.88 bits per heavy atom. The van der Waals surface area contributed by atoms with Gasteiger partial charge in [-0.15, -0.1) is 0 Å². The normalized spacial score (nSPS) is 17.1. The van der Waals surface area contributed by atoms with Gasteiger partial charge in [0.2, 0.25) is 5.91 Å². The highest BCUT2D eigenvalue weighted by molar-refractivity contribution is 7.16. The first-order valence-electron chi connectivity index (χ1n) is 11.1. The largest absolute Gasteiger partial charge is 0.484 e.